The third-order valence-corrected chi connectivity index (χ3v) is 3.12. The number of hydrogen-bond donors (Lipinski definition) is 2. The van der Waals surface area contributed by atoms with Crippen molar-refractivity contribution in [2.45, 2.75) is 38.0 Å². The summed E-state index contributed by atoms with van der Waals surface area (Å²) in [5, 5.41) is 10.5. The zero-order valence-corrected chi connectivity index (χ0v) is 8.71. The predicted molar refractivity (Wildman–Crippen MR) is 55.1 cm³/mol. The molecule has 1 atom stereocenters. The van der Waals surface area contributed by atoms with Gasteiger partial charge in [-0.25, -0.2) is 4.98 Å². The van der Waals surface area contributed by atoms with Gasteiger partial charge in [0.1, 0.15) is 12.2 Å². The highest BCUT2D eigenvalue weighted by Gasteiger charge is 2.35. The molecule has 2 N–H and O–H groups in total. The molecule has 0 amide bonds. The molecule has 0 aliphatic carbocycles. The van der Waals surface area contributed by atoms with Gasteiger partial charge in [-0.2, -0.15) is 5.10 Å². The molecule has 4 nitrogen and oxygen atoms in total. The number of hydrogen-bond acceptors (Lipinski definition) is 3. The van der Waals surface area contributed by atoms with Crippen LogP contribution in [0.25, 0.3) is 0 Å². The van der Waals surface area contributed by atoms with E-state index in [-0.39, 0.29) is 5.41 Å². The van der Waals surface area contributed by atoms with Crippen LogP contribution in [-0.2, 0) is 5.41 Å². The number of nitrogens with one attached hydrogen (secondary N) is 2. The third kappa shape index (κ3) is 1.66. The van der Waals surface area contributed by atoms with Crippen molar-refractivity contribution < 1.29 is 0 Å². The SMILES string of the molecule is CCCC1(c2ncn[nH]2)CCCNC1. The summed E-state index contributed by atoms with van der Waals surface area (Å²) in [5.41, 5.74) is 0.212. The molecule has 1 saturated heterocycles. The molecular weight excluding hydrogens is 176 g/mol. The standard InChI is InChI=1S/C10H18N4/c1-2-4-10(5-3-6-11-7-10)9-12-8-13-14-9/h8,11H,2-7H2,1H3,(H,12,13,14). The van der Waals surface area contributed by atoms with E-state index in [2.05, 4.69) is 27.4 Å². The van der Waals surface area contributed by atoms with E-state index in [1.54, 1.807) is 6.33 Å². The van der Waals surface area contributed by atoms with Gasteiger partial charge in [0, 0.05) is 12.0 Å². The number of nitrogens with zero attached hydrogens (tertiary/aromatic N) is 2. The smallest absolute Gasteiger partial charge is 0.137 e. The summed E-state index contributed by atoms with van der Waals surface area (Å²) in [7, 11) is 0. The summed E-state index contributed by atoms with van der Waals surface area (Å²) < 4.78 is 0. The van der Waals surface area contributed by atoms with Crippen molar-refractivity contribution in [2.75, 3.05) is 13.1 Å². The number of rotatable bonds is 3. The molecule has 1 aliphatic rings. The molecule has 1 unspecified atom stereocenters. The Morgan fingerprint density at radius 1 is 1.57 bits per heavy atom. The minimum Gasteiger partial charge on any atom is -0.316 e. The van der Waals surface area contributed by atoms with E-state index in [9.17, 15) is 0 Å². The summed E-state index contributed by atoms with van der Waals surface area (Å²) in [5.74, 6) is 1.06. The predicted octanol–water partition coefficient (Wildman–Crippen LogP) is 1.23. The van der Waals surface area contributed by atoms with E-state index >= 15 is 0 Å². The topological polar surface area (TPSA) is 53.6 Å². The Labute approximate surface area is 84.5 Å². The van der Waals surface area contributed by atoms with E-state index < -0.39 is 0 Å². The second-order valence-corrected chi connectivity index (χ2v) is 4.14. The van der Waals surface area contributed by atoms with Crippen LogP contribution in [0.5, 0.6) is 0 Å². The molecule has 1 fully saturated rings. The Hall–Kier alpha value is -0.900. The van der Waals surface area contributed by atoms with E-state index in [1.807, 2.05) is 0 Å². The fourth-order valence-corrected chi connectivity index (χ4v) is 2.44. The molecule has 0 aromatic carbocycles. The Kier molecular flexibility index (Phi) is 2.82. The lowest BCUT2D eigenvalue weighted by Crippen LogP contribution is -2.44. The third-order valence-electron chi connectivity index (χ3n) is 3.12. The van der Waals surface area contributed by atoms with Crippen LogP contribution >= 0.6 is 0 Å². The van der Waals surface area contributed by atoms with Crippen LogP contribution in [0.15, 0.2) is 6.33 Å². The summed E-state index contributed by atoms with van der Waals surface area (Å²) in [4.78, 5) is 4.32. The molecule has 1 aromatic rings. The highest BCUT2D eigenvalue weighted by Crippen LogP contribution is 2.32. The minimum atomic E-state index is 0.212. The van der Waals surface area contributed by atoms with Crippen LogP contribution in [0.3, 0.4) is 0 Å². The normalized spacial score (nSPS) is 27.8. The summed E-state index contributed by atoms with van der Waals surface area (Å²) in [6.45, 7) is 4.41. The molecular formula is C10H18N4. The molecule has 0 bridgehead atoms. The number of H-pyrrole nitrogens is 1. The maximum atomic E-state index is 4.32. The van der Waals surface area contributed by atoms with Crippen molar-refractivity contribution in [3.63, 3.8) is 0 Å². The Morgan fingerprint density at radius 2 is 2.50 bits per heavy atom. The highest BCUT2D eigenvalue weighted by atomic mass is 15.2. The monoisotopic (exact) mass is 194 g/mol. The zero-order valence-electron chi connectivity index (χ0n) is 8.71. The zero-order chi connectivity index (χ0) is 9.86. The van der Waals surface area contributed by atoms with Gasteiger partial charge in [-0.3, -0.25) is 5.10 Å². The number of aromatic amines is 1. The van der Waals surface area contributed by atoms with Gasteiger partial charge < -0.3 is 5.32 Å². The quantitative estimate of drug-likeness (QED) is 0.761. The molecule has 0 saturated carbocycles. The first-order valence-electron chi connectivity index (χ1n) is 5.44. The lowest BCUT2D eigenvalue weighted by Gasteiger charge is -2.35. The Morgan fingerprint density at radius 3 is 3.07 bits per heavy atom. The van der Waals surface area contributed by atoms with Crippen molar-refractivity contribution in [3.05, 3.63) is 12.2 Å². The van der Waals surface area contributed by atoms with Gasteiger partial charge in [0.05, 0.1) is 0 Å². The number of aromatic nitrogens is 3. The van der Waals surface area contributed by atoms with Gasteiger partial charge in [0.25, 0.3) is 0 Å². The van der Waals surface area contributed by atoms with Crippen molar-refractivity contribution >= 4 is 0 Å². The molecule has 2 rings (SSSR count). The van der Waals surface area contributed by atoms with Crippen LogP contribution < -0.4 is 5.32 Å². The van der Waals surface area contributed by atoms with Crippen LogP contribution in [-0.4, -0.2) is 28.3 Å². The van der Waals surface area contributed by atoms with Gasteiger partial charge in [0.2, 0.25) is 0 Å². The largest absolute Gasteiger partial charge is 0.316 e. The maximum Gasteiger partial charge on any atom is 0.137 e. The molecule has 0 spiro atoms. The average molecular weight is 194 g/mol. The van der Waals surface area contributed by atoms with Crippen LogP contribution in [0.1, 0.15) is 38.4 Å². The lowest BCUT2D eigenvalue weighted by molar-refractivity contribution is 0.276. The molecule has 1 aliphatic heterocycles. The van der Waals surface area contributed by atoms with Crippen LogP contribution in [0.2, 0.25) is 0 Å². The van der Waals surface area contributed by atoms with Crippen molar-refractivity contribution in [1.82, 2.24) is 20.5 Å². The fraction of sp³-hybridized carbons (Fsp3) is 0.800. The molecule has 2 heterocycles. The summed E-state index contributed by atoms with van der Waals surface area (Å²) in [6.07, 6.45) is 6.46. The Bertz CT molecular complexity index is 256. The van der Waals surface area contributed by atoms with Gasteiger partial charge in [-0.15, -0.1) is 0 Å². The van der Waals surface area contributed by atoms with Gasteiger partial charge >= 0.3 is 0 Å². The van der Waals surface area contributed by atoms with Gasteiger partial charge in [0.15, 0.2) is 0 Å². The summed E-state index contributed by atoms with van der Waals surface area (Å²) in [6, 6.07) is 0. The fourth-order valence-electron chi connectivity index (χ4n) is 2.44. The van der Waals surface area contributed by atoms with Gasteiger partial charge in [-0.05, 0) is 25.8 Å². The first kappa shape index (κ1) is 9.65. The first-order chi connectivity index (χ1) is 6.87. The molecule has 78 valence electrons. The van der Waals surface area contributed by atoms with E-state index in [1.165, 1.54) is 25.7 Å². The van der Waals surface area contributed by atoms with E-state index in [0.717, 1.165) is 18.9 Å². The van der Waals surface area contributed by atoms with E-state index in [4.69, 9.17) is 0 Å². The van der Waals surface area contributed by atoms with Gasteiger partial charge in [-0.1, -0.05) is 13.3 Å². The molecule has 4 heteroatoms. The second-order valence-electron chi connectivity index (χ2n) is 4.14. The molecule has 1 aromatic heterocycles. The average Bonchev–Trinajstić information content (AvgIpc) is 2.73. The number of piperidine rings is 1. The maximum absolute atomic E-state index is 4.32. The van der Waals surface area contributed by atoms with Crippen molar-refractivity contribution in [1.29, 1.82) is 0 Å². The van der Waals surface area contributed by atoms with Crippen LogP contribution in [0.4, 0.5) is 0 Å². The second kappa shape index (κ2) is 4.09. The summed E-state index contributed by atoms with van der Waals surface area (Å²) >= 11 is 0. The highest BCUT2D eigenvalue weighted by molar-refractivity contribution is 5.09. The Balaban J connectivity index is 2.20. The molecule has 14 heavy (non-hydrogen) atoms. The van der Waals surface area contributed by atoms with Crippen molar-refractivity contribution in [3.8, 4) is 0 Å². The van der Waals surface area contributed by atoms with Crippen molar-refractivity contribution in [2.24, 2.45) is 0 Å². The minimum absolute atomic E-state index is 0.212. The molecule has 0 radical (unpaired) electrons. The van der Waals surface area contributed by atoms with E-state index in [0.29, 0.717) is 0 Å². The first-order valence-corrected chi connectivity index (χ1v) is 5.44. The van der Waals surface area contributed by atoms with Crippen LogP contribution in [0, 0.1) is 0 Å². The lowest BCUT2D eigenvalue weighted by atomic mass is 9.76.